The largest absolute Gasteiger partial charge is 0.489 e. The van der Waals surface area contributed by atoms with E-state index in [1.54, 1.807) is 5.48 Å². The first-order valence-corrected chi connectivity index (χ1v) is 12.1. The average Bonchev–Trinajstić information content (AvgIpc) is 3.31. The second kappa shape index (κ2) is 10.6. The molecule has 4 N–H and O–H groups in total. The maximum absolute atomic E-state index is 12.0. The van der Waals surface area contributed by atoms with Gasteiger partial charge in [-0.1, -0.05) is 18.2 Å². The SMILES string of the molecule is Cc1cc(COc2ccc(C3=CC(CC(=O)NO)(CN4CCNCC4)ON3)cc2)c2ccccc2n1. The van der Waals surface area contributed by atoms with Crippen LogP contribution < -0.4 is 21.0 Å². The standard InChI is InChI=1S/C27H31N5O4/c1-19-14-21(23-4-2-3-5-24(23)29-19)17-35-22-8-6-20(7-9-22)25-15-27(36-31-25,16-26(33)30-34)18-32-12-10-28-11-13-32/h2-9,14-15,28,31,34H,10-13,16-18H2,1H3,(H,30,33). The molecule has 5 rings (SSSR count). The van der Waals surface area contributed by atoms with Gasteiger partial charge < -0.3 is 10.1 Å². The lowest BCUT2D eigenvalue weighted by molar-refractivity contribution is -0.137. The van der Waals surface area contributed by atoms with Crippen molar-refractivity contribution in [3.8, 4) is 5.75 Å². The molecule has 0 bridgehead atoms. The van der Waals surface area contributed by atoms with Crippen LogP contribution in [-0.2, 0) is 16.2 Å². The highest BCUT2D eigenvalue weighted by atomic mass is 16.7. The predicted molar refractivity (Wildman–Crippen MR) is 136 cm³/mol. The van der Waals surface area contributed by atoms with Gasteiger partial charge in [0.15, 0.2) is 0 Å². The number of ether oxygens (including phenoxy) is 1. The Morgan fingerprint density at radius 3 is 2.75 bits per heavy atom. The van der Waals surface area contributed by atoms with Crippen LogP contribution in [0.2, 0.25) is 0 Å². The van der Waals surface area contributed by atoms with E-state index in [2.05, 4.69) is 32.8 Å². The van der Waals surface area contributed by atoms with Crippen LogP contribution in [0.25, 0.3) is 16.6 Å². The number of nitrogens with one attached hydrogen (secondary N) is 3. The second-order valence-electron chi connectivity index (χ2n) is 9.32. The van der Waals surface area contributed by atoms with E-state index in [0.717, 1.165) is 65.3 Å². The molecule has 2 aliphatic rings. The quantitative estimate of drug-likeness (QED) is 0.283. The van der Waals surface area contributed by atoms with Gasteiger partial charge in [-0.2, -0.15) is 0 Å². The molecule has 0 spiro atoms. The number of piperazine rings is 1. The molecule has 1 amide bonds. The third-order valence-corrected chi connectivity index (χ3v) is 6.55. The minimum atomic E-state index is -0.880. The van der Waals surface area contributed by atoms with Crippen molar-refractivity contribution < 1.29 is 19.6 Å². The molecule has 1 atom stereocenters. The number of hydrogen-bond acceptors (Lipinski definition) is 8. The molecule has 1 fully saturated rings. The van der Waals surface area contributed by atoms with Crippen molar-refractivity contribution in [2.24, 2.45) is 0 Å². The third-order valence-electron chi connectivity index (χ3n) is 6.55. The van der Waals surface area contributed by atoms with E-state index in [9.17, 15) is 4.79 Å². The number of carbonyl (C=O) groups is 1. The second-order valence-corrected chi connectivity index (χ2v) is 9.32. The van der Waals surface area contributed by atoms with Crippen LogP contribution in [0.4, 0.5) is 0 Å². The Balaban J connectivity index is 1.30. The zero-order valence-electron chi connectivity index (χ0n) is 20.3. The molecule has 2 aromatic carbocycles. The van der Waals surface area contributed by atoms with Crippen molar-refractivity contribution in [1.82, 2.24) is 26.2 Å². The average molecular weight is 490 g/mol. The number of benzene rings is 2. The highest BCUT2D eigenvalue weighted by molar-refractivity contribution is 5.82. The van der Waals surface area contributed by atoms with Gasteiger partial charge in [-0.15, -0.1) is 0 Å². The fourth-order valence-corrected chi connectivity index (χ4v) is 4.81. The van der Waals surface area contributed by atoms with Crippen LogP contribution in [0.1, 0.15) is 23.2 Å². The van der Waals surface area contributed by atoms with E-state index in [4.69, 9.17) is 14.8 Å². The maximum Gasteiger partial charge on any atom is 0.246 e. The van der Waals surface area contributed by atoms with Gasteiger partial charge in [-0.05, 0) is 55.0 Å². The lowest BCUT2D eigenvalue weighted by Gasteiger charge is -2.34. The number of nitrogens with zero attached hydrogens (tertiary/aromatic N) is 2. The zero-order valence-corrected chi connectivity index (χ0v) is 20.3. The van der Waals surface area contributed by atoms with Gasteiger partial charge >= 0.3 is 0 Å². The summed E-state index contributed by atoms with van der Waals surface area (Å²) in [6.07, 6.45) is 1.94. The topological polar surface area (TPSA) is 108 Å². The molecule has 1 unspecified atom stereocenters. The summed E-state index contributed by atoms with van der Waals surface area (Å²) in [6.45, 7) is 6.49. The van der Waals surface area contributed by atoms with Gasteiger partial charge in [-0.3, -0.25) is 30.2 Å². The molecule has 3 heterocycles. The summed E-state index contributed by atoms with van der Waals surface area (Å²) in [4.78, 5) is 24.8. The van der Waals surface area contributed by atoms with Gasteiger partial charge in [0, 0.05) is 49.4 Å². The molecule has 0 radical (unpaired) electrons. The minimum Gasteiger partial charge on any atom is -0.489 e. The van der Waals surface area contributed by atoms with Gasteiger partial charge in [0.25, 0.3) is 0 Å². The molecule has 0 aliphatic carbocycles. The number of aryl methyl sites for hydroxylation is 1. The fourth-order valence-electron chi connectivity index (χ4n) is 4.81. The Morgan fingerprint density at radius 2 is 1.97 bits per heavy atom. The van der Waals surface area contributed by atoms with Gasteiger partial charge in [0.2, 0.25) is 5.91 Å². The molecule has 36 heavy (non-hydrogen) atoms. The highest BCUT2D eigenvalue weighted by Gasteiger charge is 2.39. The molecule has 2 aliphatic heterocycles. The number of hydroxylamine groups is 2. The number of hydrogen-bond donors (Lipinski definition) is 4. The van der Waals surface area contributed by atoms with E-state index in [1.807, 2.05) is 55.5 Å². The Morgan fingerprint density at radius 1 is 1.19 bits per heavy atom. The van der Waals surface area contributed by atoms with Gasteiger partial charge in [-0.25, -0.2) is 5.48 Å². The number of rotatable bonds is 8. The molecule has 188 valence electrons. The van der Waals surface area contributed by atoms with Crippen molar-refractivity contribution in [3.05, 3.63) is 77.5 Å². The van der Waals surface area contributed by atoms with E-state index >= 15 is 0 Å². The Hall–Kier alpha value is -3.50. The van der Waals surface area contributed by atoms with Crippen molar-refractivity contribution in [1.29, 1.82) is 0 Å². The normalized spacial score (nSPS) is 20.1. The maximum atomic E-state index is 12.0. The molecule has 9 heteroatoms. The predicted octanol–water partition coefficient (Wildman–Crippen LogP) is 2.54. The van der Waals surface area contributed by atoms with E-state index < -0.39 is 11.5 Å². The Bertz CT molecular complexity index is 1260. The fraction of sp³-hybridized carbons (Fsp3) is 0.333. The zero-order chi connectivity index (χ0) is 25.0. The monoisotopic (exact) mass is 489 g/mol. The summed E-state index contributed by atoms with van der Waals surface area (Å²) in [6, 6.07) is 17.9. The third kappa shape index (κ3) is 5.50. The molecule has 9 nitrogen and oxygen atoms in total. The van der Waals surface area contributed by atoms with Crippen LogP contribution in [0, 0.1) is 6.92 Å². The summed E-state index contributed by atoms with van der Waals surface area (Å²) >= 11 is 0. The summed E-state index contributed by atoms with van der Waals surface area (Å²) in [5.74, 6) is 0.260. The molecule has 3 aromatic rings. The lowest BCUT2D eigenvalue weighted by atomic mass is 9.96. The Kier molecular flexibility index (Phi) is 7.15. The number of para-hydroxylation sites is 1. The first-order chi connectivity index (χ1) is 17.5. The van der Waals surface area contributed by atoms with Crippen molar-refractivity contribution >= 4 is 22.5 Å². The highest BCUT2D eigenvalue weighted by Crippen LogP contribution is 2.31. The molecule has 1 aromatic heterocycles. The molecule has 0 saturated carbocycles. The smallest absolute Gasteiger partial charge is 0.246 e. The van der Waals surface area contributed by atoms with E-state index in [-0.39, 0.29) is 6.42 Å². The van der Waals surface area contributed by atoms with Gasteiger partial charge in [0.1, 0.15) is 18.0 Å². The number of carbonyl (C=O) groups excluding carboxylic acids is 1. The van der Waals surface area contributed by atoms with Gasteiger partial charge in [0.05, 0.1) is 17.6 Å². The lowest BCUT2D eigenvalue weighted by Crippen LogP contribution is -2.52. The number of aromatic nitrogens is 1. The van der Waals surface area contributed by atoms with Crippen LogP contribution in [0.15, 0.2) is 60.7 Å². The van der Waals surface area contributed by atoms with E-state index in [0.29, 0.717) is 13.2 Å². The van der Waals surface area contributed by atoms with Crippen LogP contribution in [0.3, 0.4) is 0 Å². The van der Waals surface area contributed by atoms with Crippen molar-refractivity contribution in [2.45, 2.75) is 25.6 Å². The van der Waals surface area contributed by atoms with E-state index in [1.165, 1.54) is 0 Å². The first-order valence-electron chi connectivity index (χ1n) is 12.1. The Labute approximate surface area is 210 Å². The number of pyridine rings is 1. The number of fused-ring (bicyclic) bond motifs is 1. The van der Waals surface area contributed by atoms with Crippen LogP contribution >= 0.6 is 0 Å². The summed E-state index contributed by atoms with van der Waals surface area (Å²) < 4.78 is 6.09. The first kappa shape index (κ1) is 24.2. The summed E-state index contributed by atoms with van der Waals surface area (Å²) in [5, 5.41) is 13.5. The van der Waals surface area contributed by atoms with Crippen molar-refractivity contribution in [2.75, 3.05) is 32.7 Å². The van der Waals surface area contributed by atoms with Crippen LogP contribution in [0.5, 0.6) is 5.75 Å². The summed E-state index contributed by atoms with van der Waals surface area (Å²) in [5.41, 5.74) is 8.55. The molecular formula is C27H31N5O4. The molecule has 1 saturated heterocycles. The van der Waals surface area contributed by atoms with Crippen LogP contribution in [-0.4, -0.2) is 59.3 Å². The summed E-state index contributed by atoms with van der Waals surface area (Å²) in [7, 11) is 0. The minimum absolute atomic E-state index is 0.00439. The number of amides is 1. The molecular weight excluding hydrogens is 458 g/mol. The van der Waals surface area contributed by atoms with Crippen molar-refractivity contribution in [3.63, 3.8) is 0 Å².